The van der Waals surface area contributed by atoms with E-state index < -0.39 is 24.6 Å². The molecular weight excluding hydrogens is 1320 g/mol. The molecule has 0 unspecified atom stereocenters. The van der Waals surface area contributed by atoms with Crippen LogP contribution in [0.3, 0.4) is 0 Å². The molecule has 0 atom stereocenters. The molecule has 0 aromatic carbocycles. The van der Waals surface area contributed by atoms with Crippen molar-refractivity contribution in [3.63, 3.8) is 0 Å². The van der Waals surface area contributed by atoms with E-state index in [4.69, 9.17) is 13.6 Å². The third-order valence-corrected chi connectivity index (χ3v) is 28.0. The highest BCUT2D eigenvalue weighted by Crippen LogP contribution is 2.66. The van der Waals surface area contributed by atoms with E-state index in [-0.39, 0.29) is 0 Å². The lowest BCUT2D eigenvalue weighted by Crippen LogP contribution is -2.47. The van der Waals surface area contributed by atoms with Crippen LogP contribution in [0.1, 0.15) is 622 Å². The average Bonchev–Trinajstić information content (AvgIpc) is 0.756. The third kappa shape index (κ3) is 60.3. The molecule has 0 aliphatic carbocycles. The summed E-state index contributed by atoms with van der Waals surface area (Å²) in [5.74, 6) is 0.983. The predicted molar refractivity (Wildman–Crippen MR) is 485 cm³/mol. The van der Waals surface area contributed by atoms with E-state index in [0.29, 0.717) is 17.8 Å². The molecule has 0 saturated carbocycles. The van der Waals surface area contributed by atoms with Gasteiger partial charge >= 0.3 is 7.82 Å². The van der Waals surface area contributed by atoms with Crippen LogP contribution < -0.4 is 0 Å². The Bertz CT molecular complexity index is 1450. The molecule has 0 bridgehead atoms. The van der Waals surface area contributed by atoms with Crippen molar-refractivity contribution < 1.29 is 18.1 Å². The zero-order valence-electron chi connectivity index (χ0n) is 76.7. The smallest absolute Gasteiger partial charge is 0.280 e. The molecule has 0 fully saturated rings. The van der Waals surface area contributed by atoms with E-state index in [0.717, 1.165) is 77.0 Å². The molecule has 4 nitrogen and oxygen atoms in total. The second-order valence-corrected chi connectivity index (χ2v) is 37.9. The molecule has 0 spiro atoms. The summed E-state index contributed by atoms with van der Waals surface area (Å²) in [5.41, 5.74) is -1.76. The van der Waals surface area contributed by atoms with Crippen molar-refractivity contribution in [2.75, 3.05) is 0 Å². The lowest BCUT2D eigenvalue weighted by Gasteiger charge is -2.50. The standard InChI is InChI=1S/C102H207O4P/c1-13-25-37-49-61-73-85-97(86-74-62-50-38-26-14-2)100(91-79-67-55-43-31-19-7,92-80-68-56-44-32-20-8)104-107(103,105-101(93-81-69-57-45-33-21-9,94-82-70-58-46-34-22-10)98(87-75-63-51-39-27-15-3)88-76-64-52-40-28-16-4)106-102(95-83-71-59-47-35-23-11,96-84-72-60-48-36-24-12)99(89-77-65-53-41-29-17-5)90-78-66-54-42-30-18-6/h97-99H,13-96H2,1-12H3. The SMILES string of the molecule is CCCCCCCCC(CCCCCCCC)C(CCCCCCCC)(CCCCCCCC)OP(=O)(OC(CCCCCCCC)(CCCCCCCC)C(CCCCCCCC)CCCCCCCC)OC(CCCCCCCC)(CCCCCCCC)C(CCCCCCCC)CCCCCCCC. The lowest BCUT2D eigenvalue weighted by molar-refractivity contribution is -0.129. The van der Waals surface area contributed by atoms with Crippen molar-refractivity contribution in [1.29, 1.82) is 0 Å². The van der Waals surface area contributed by atoms with Gasteiger partial charge in [0.1, 0.15) is 0 Å². The van der Waals surface area contributed by atoms with Crippen LogP contribution in [0.5, 0.6) is 0 Å². The Morgan fingerprint density at radius 3 is 0.383 bits per heavy atom. The Hall–Kier alpha value is 0.110. The van der Waals surface area contributed by atoms with Crippen LogP contribution in [-0.2, 0) is 18.1 Å². The second kappa shape index (κ2) is 81.3. The quantitative estimate of drug-likeness (QED) is 0.0450. The molecule has 0 aliphatic heterocycles. The van der Waals surface area contributed by atoms with Crippen LogP contribution in [0.2, 0.25) is 0 Å². The molecule has 0 aromatic heterocycles. The summed E-state index contributed by atoms with van der Waals surface area (Å²) in [6, 6.07) is 0. The van der Waals surface area contributed by atoms with Gasteiger partial charge in [0, 0.05) is 0 Å². The van der Waals surface area contributed by atoms with Crippen molar-refractivity contribution >= 4 is 7.82 Å². The average molecular weight is 1530 g/mol. The highest BCUT2D eigenvalue weighted by molar-refractivity contribution is 7.48. The number of phosphoric ester groups is 1. The summed E-state index contributed by atoms with van der Waals surface area (Å²) in [4.78, 5) is 0. The van der Waals surface area contributed by atoms with Gasteiger partial charge in [-0.25, -0.2) is 4.57 Å². The zero-order valence-corrected chi connectivity index (χ0v) is 77.6. The van der Waals surface area contributed by atoms with Gasteiger partial charge in [0.15, 0.2) is 0 Å². The molecule has 0 amide bonds. The number of hydrogen-bond donors (Lipinski definition) is 0. The number of phosphoric acid groups is 1. The number of rotatable bonds is 93. The summed E-state index contributed by atoms with van der Waals surface area (Å²) in [6.45, 7) is 28.7. The Balaban J connectivity index is 10.4. The van der Waals surface area contributed by atoms with Crippen molar-refractivity contribution in [3.05, 3.63) is 0 Å². The first kappa shape index (κ1) is 107. The Labute approximate surface area is 678 Å². The van der Waals surface area contributed by atoms with Gasteiger partial charge in [0.05, 0.1) is 16.8 Å². The molecule has 0 heterocycles. The zero-order chi connectivity index (χ0) is 78.3. The maximum atomic E-state index is 19.6. The van der Waals surface area contributed by atoms with Crippen molar-refractivity contribution in [2.24, 2.45) is 17.8 Å². The fraction of sp³-hybridized carbons (Fsp3) is 1.00. The van der Waals surface area contributed by atoms with Gasteiger partial charge < -0.3 is 0 Å². The van der Waals surface area contributed by atoms with E-state index in [2.05, 4.69) is 83.1 Å². The molecule has 0 N–H and O–H groups in total. The molecular formula is C102H207O4P. The van der Waals surface area contributed by atoms with E-state index in [1.807, 2.05) is 0 Å². The highest BCUT2D eigenvalue weighted by atomic mass is 31.2. The number of unbranched alkanes of at least 4 members (excludes halogenated alkanes) is 60. The van der Waals surface area contributed by atoms with E-state index in [1.54, 1.807) is 0 Å². The first-order valence-corrected chi connectivity index (χ1v) is 52.7. The maximum Gasteiger partial charge on any atom is 0.476 e. The Kier molecular flexibility index (Phi) is 81.3. The Morgan fingerprint density at radius 2 is 0.262 bits per heavy atom. The highest BCUT2D eigenvalue weighted by Gasteiger charge is 2.55. The summed E-state index contributed by atoms with van der Waals surface area (Å²) < 4.78 is 46.6. The molecule has 0 saturated heterocycles. The first-order valence-electron chi connectivity index (χ1n) is 51.3. The van der Waals surface area contributed by atoms with Crippen LogP contribution in [0, 0.1) is 17.8 Å². The van der Waals surface area contributed by atoms with Crippen molar-refractivity contribution in [1.82, 2.24) is 0 Å². The predicted octanol–water partition coefficient (Wildman–Crippen LogP) is 39.2. The maximum absolute atomic E-state index is 19.6. The van der Waals surface area contributed by atoms with Gasteiger partial charge in [-0.2, -0.15) is 0 Å². The van der Waals surface area contributed by atoms with Crippen LogP contribution >= 0.6 is 7.82 Å². The number of hydrogen-bond acceptors (Lipinski definition) is 4. The van der Waals surface area contributed by atoms with E-state index in [9.17, 15) is 0 Å². The van der Waals surface area contributed by atoms with Crippen LogP contribution in [-0.4, -0.2) is 16.8 Å². The van der Waals surface area contributed by atoms with Gasteiger partial charge in [0.2, 0.25) is 0 Å². The van der Waals surface area contributed by atoms with Gasteiger partial charge in [0.25, 0.3) is 0 Å². The van der Waals surface area contributed by atoms with Gasteiger partial charge in [-0.3, -0.25) is 13.6 Å². The summed E-state index contributed by atoms with van der Waals surface area (Å²) in [7, 11) is -4.47. The first-order chi connectivity index (χ1) is 52.5. The lowest BCUT2D eigenvalue weighted by atomic mass is 9.74. The minimum atomic E-state index is -4.47. The molecule has 0 radical (unpaired) electrons. The minimum Gasteiger partial charge on any atom is -0.280 e. The van der Waals surface area contributed by atoms with Gasteiger partial charge in [-0.1, -0.05) is 545 Å². The molecule has 0 rings (SSSR count). The van der Waals surface area contributed by atoms with Crippen molar-refractivity contribution in [2.45, 2.75) is 639 Å². The van der Waals surface area contributed by atoms with E-state index in [1.165, 1.54) is 462 Å². The molecule has 644 valence electrons. The Morgan fingerprint density at radius 1 is 0.159 bits per heavy atom. The fourth-order valence-electron chi connectivity index (χ4n) is 19.1. The van der Waals surface area contributed by atoms with Crippen LogP contribution in [0.25, 0.3) is 0 Å². The van der Waals surface area contributed by atoms with Crippen LogP contribution in [0.15, 0.2) is 0 Å². The normalized spacial score (nSPS) is 12.7. The van der Waals surface area contributed by atoms with Crippen LogP contribution in [0.4, 0.5) is 0 Å². The third-order valence-electron chi connectivity index (χ3n) is 26.3. The van der Waals surface area contributed by atoms with E-state index >= 15 is 4.57 Å². The van der Waals surface area contributed by atoms with Gasteiger partial charge in [-0.15, -0.1) is 0 Å². The summed E-state index contributed by atoms with van der Waals surface area (Å²) in [5, 5.41) is 0. The van der Waals surface area contributed by atoms with Gasteiger partial charge in [-0.05, 0) is 94.8 Å². The second-order valence-electron chi connectivity index (χ2n) is 36.5. The topological polar surface area (TPSA) is 44.8 Å². The largest absolute Gasteiger partial charge is 0.476 e. The molecule has 0 aliphatic rings. The fourth-order valence-corrected chi connectivity index (χ4v) is 21.5. The monoisotopic (exact) mass is 1530 g/mol. The molecule has 107 heavy (non-hydrogen) atoms. The minimum absolute atomic E-state index is 0.328. The summed E-state index contributed by atoms with van der Waals surface area (Å²) >= 11 is 0. The summed E-state index contributed by atoms with van der Waals surface area (Å²) in [6.07, 6.45) is 106. The molecule has 5 heteroatoms. The molecule has 0 aromatic rings. The van der Waals surface area contributed by atoms with Crippen molar-refractivity contribution in [3.8, 4) is 0 Å².